The Labute approximate surface area is 135 Å². The third-order valence-corrected chi connectivity index (χ3v) is 3.41. The third kappa shape index (κ3) is 4.27. The average Bonchev–Trinajstić information content (AvgIpc) is 3.28. The van der Waals surface area contributed by atoms with Crippen molar-refractivity contribution in [1.82, 2.24) is 15.3 Å². The van der Waals surface area contributed by atoms with E-state index in [4.69, 9.17) is 5.73 Å². The van der Waals surface area contributed by atoms with Crippen LogP contribution in [0.5, 0.6) is 0 Å². The Kier molecular flexibility index (Phi) is 6.33. The van der Waals surface area contributed by atoms with Crippen LogP contribution >= 0.6 is 24.8 Å². The minimum Gasteiger partial charge on any atom is -0.349 e. The van der Waals surface area contributed by atoms with Gasteiger partial charge in [0.05, 0.1) is 17.2 Å². The van der Waals surface area contributed by atoms with E-state index in [1.165, 1.54) is 19.0 Å². The van der Waals surface area contributed by atoms with Crippen LogP contribution in [-0.2, 0) is 0 Å². The SMILES string of the molecule is Cl.Cl.NC(CNC(=O)c1cnc2ccccc2n1)C1CC1. The molecule has 0 spiro atoms. The minimum absolute atomic E-state index is 0. The Morgan fingerprint density at radius 2 is 1.95 bits per heavy atom. The summed E-state index contributed by atoms with van der Waals surface area (Å²) >= 11 is 0. The molecule has 114 valence electrons. The van der Waals surface area contributed by atoms with E-state index in [2.05, 4.69) is 15.3 Å². The lowest BCUT2D eigenvalue weighted by molar-refractivity contribution is 0.0945. The maximum atomic E-state index is 12.0. The van der Waals surface area contributed by atoms with E-state index in [9.17, 15) is 4.79 Å². The molecule has 1 aromatic carbocycles. The van der Waals surface area contributed by atoms with Gasteiger partial charge in [-0.2, -0.15) is 0 Å². The number of rotatable bonds is 4. The molecule has 7 heteroatoms. The first-order chi connectivity index (χ1) is 9.24. The average molecular weight is 329 g/mol. The van der Waals surface area contributed by atoms with E-state index in [0.29, 0.717) is 18.2 Å². The van der Waals surface area contributed by atoms with Crippen molar-refractivity contribution in [3.05, 3.63) is 36.2 Å². The predicted molar refractivity (Wildman–Crippen MR) is 87.1 cm³/mol. The highest BCUT2D eigenvalue weighted by molar-refractivity contribution is 5.93. The van der Waals surface area contributed by atoms with E-state index in [-0.39, 0.29) is 36.8 Å². The van der Waals surface area contributed by atoms with Crippen molar-refractivity contribution in [2.75, 3.05) is 6.54 Å². The number of hydrogen-bond donors (Lipinski definition) is 2. The number of halogens is 2. The molecule has 3 rings (SSSR count). The highest BCUT2D eigenvalue weighted by atomic mass is 35.5. The summed E-state index contributed by atoms with van der Waals surface area (Å²) < 4.78 is 0. The van der Waals surface area contributed by atoms with E-state index in [1.807, 2.05) is 24.3 Å². The summed E-state index contributed by atoms with van der Waals surface area (Å²) in [6.07, 6.45) is 3.85. The molecule has 1 atom stereocenters. The van der Waals surface area contributed by atoms with Crippen molar-refractivity contribution in [2.24, 2.45) is 11.7 Å². The van der Waals surface area contributed by atoms with E-state index in [1.54, 1.807) is 0 Å². The second-order valence-corrected chi connectivity index (χ2v) is 4.96. The van der Waals surface area contributed by atoms with Gasteiger partial charge in [0, 0.05) is 12.6 Å². The fourth-order valence-electron chi connectivity index (χ4n) is 2.06. The smallest absolute Gasteiger partial charge is 0.271 e. The van der Waals surface area contributed by atoms with Crippen LogP contribution in [0, 0.1) is 5.92 Å². The molecule has 21 heavy (non-hydrogen) atoms. The van der Waals surface area contributed by atoms with Gasteiger partial charge in [-0.15, -0.1) is 24.8 Å². The fraction of sp³-hybridized carbons (Fsp3) is 0.357. The van der Waals surface area contributed by atoms with Crippen molar-refractivity contribution >= 4 is 41.8 Å². The van der Waals surface area contributed by atoms with Crippen molar-refractivity contribution < 1.29 is 4.79 Å². The van der Waals surface area contributed by atoms with Gasteiger partial charge in [0.1, 0.15) is 5.69 Å². The maximum Gasteiger partial charge on any atom is 0.271 e. The monoisotopic (exact) mass is 328 g/mol. The van der Waals surface area contributed by atoms with E-state index >= 15 is 0 Å². The first-order valence-corrected chi connectivity index (χ1v) is 6.49. The maximum absolute atomic E-state index is 12.0. The molecule has 1 saturated carbocycles. The first-order valence-electron chi connectivity index (χ1n) is 6.49. The van der Waals surface area contributed by atoms with Crippen LogP contribution in [0.1, 0.15) is 23.3 Å². The molecule has 1 aliphatic carbocycles. The number of nitrogens with zero attached hydrogens (tertiary/aromatic N) is 2. The van der Waals surface area contributed by atoms with E-state index in [0.717, 1.165) is 11.0 Å². The van der Waals surface area contributed by atoms with Gasteiger partial charge in [0.25, 0.3) is 5.91 Å². The topological polar surface area (TPSA) is 80.9 Å². The zero-order valence-corrected chi connectivity index (χ0v) is 13.0. The summed E-state index contributed by atoms with van der Waals surface area (Å²) in [5.41, 5.74) is 7.79. The standard InChI is InChI=1S/C14H16N4O.2ClH/c15-10(9-5-6-9)7-17-14(19)13-8-16-11-3-1-2-4-12(11)18-13;;/h1-4,8-10H,5-7,15H2,(H,17,19);2*1H. The van der Waals surface area contributed by atoms with Gasteiger partial charge < -0.3 is 11.1 Å². The second kappa shape index (κ2) is 7.54. The van der Waals surface area contributed by atoms with Crippen LogP contribution in [0.15, 0.2) is 30.5 Å². The molecule has 1 amide bonds. The van der Waals surface area contributed by atoms with Gasteiger partial charge in [0.2, 0.25) is 0 Å². The van der Waals surface area contributed by atoms with Crippen LogP contribution in [0.25, 0.3) is 11.0 Å². The van der Waals surface area contributed by atoms with Gasteiger partial charge in [-0.3, -0.25) is 9.78 Å². The zero-order chi connectivity index (χ0) is 13.2. The van der Waals surface area contributed by atoms with Crippen molar-refractivity contribution in [2.45, 2.75) is 18.9 Å². The second-order valence-electron chi connectivity index (χ2n) is 4.96. The zero-order valence-electron chi connectivity index (χ0n) is 11.4. The Morgan fingerprint density at radius 3 is 2.62 bits per heavy atom. The first kappa shape index (κ1) is 17.6. The predicted octanol–water partition coefficient (Wildman–Crippen LogP) is 1.94. The van der Waals surface area contributed by atoms with Gasteiger partial charge in [0.15, 0.2) is 0 Å². The number of benzene rings is 1. The molecule has 0 bridgehead atoms. The van der Waals surface area contributed by atoms with Gasteiger partial charge in [-0.25, -0.2) is 4.98 Å². The summed E-state index contributed by atoms with van der Waals surface area (Å²) in [7, 11) is 0. The number of nitrogens with two attached hydrogens (primary N) is 1. The Hall–Kier alpha value is -1.43. The molecular formula is C14H18Cl2N4O. The molecule has 1 aliphatic rings. The Balaban J connectivity index is 0.00000110. The normalized spacial score (nSPS) is 14.7. The lowest BCUT2D eigenvalue weighted by atomic mass is 10.2. The quantitative estimate of drug-likeness (QED) is 0.898. The number of carbonyl (C=O) groups excluding carboxylic acids is 1. The lowest BCUT2D eigenvalue weighted by Gasteiger charge is -2.11. The van der Waals surface area contributed by atoms with Crippen LogP contribution in [-0.4, -0.2) is 28.5 Å². The fourth-order valence-corrected chi connectivity index (χ4v) is 2.06. The van der Waals surface area contributed by atoms with Gasteiger partial charge >= 0.3 is 0 Å². The summed E-state index contributed by atoms with van der Waals surface area (Å²) in [4.78, 5) is 20.5. The van der Waals surface area contributed by atoms with Crippen LogP contribution in [0.4, 0.5) is 0 Å². The number of para-hydroxylation sites is 2. The number of aromatic nitrogens is 2. The summed E-state index contributed by atoms with van der Waals surface area (Å²) in [6, 6.07) is 7.53. The number of nitrogens with one attached hydrogen (secondary N) is 1. The van der Waals surface area contributed by atoms with E-state index < -0.39 is 0 Å². The largest absolute Gasteiger partial charge is 0.349 e. The molecule has 0 aliphatic heterocycles. The molecule has 2 aromatic rings. The molecule has 1 unspecified atom stereocenters. The number of fused-ring (bicyclic) bond motifs is 1. The van der Waals surface area contributed by atoms with Crippen molar-refractivity contribution in [1.29, 1.82) is 0 Å². The molecule has 1 aromatic heterocycles. The lowest BCUT2D eigenvalue weighted by Crippen LogP contribution is -2.38. The van der Waals surface area contributed by atoms with Crippen LogP contribution in [0.3, 0.4) is 0 Å². The molecule has 1 heterocycles. The molecule has 5 nitrogen and oxygen atoms in total. The third-order valence-electron chi connectivity index (χ3n) is 3.41. The molecular weight excluding hydrogens is 311 g/mol. The van der Waals surface area contributed by atoms with Gasteiger partial charge in [-0.05, 0) is 30.9 Å². The van der Waals surface area contributed by atoms with Crippen LogP contribution < -0.4 is 11.1 Å². The molecule has 3 N–H and O–H groups in total. The minimum atomic E-state index is -0.214. The highest BCUT2D eigenvalue weighted by Gasteiger charge is 2.28. The summed E-state index contributed by atoms with van der Waals surface area (Å²) in [5.74, 6) is 0.359. The number of amides is 1. The summed E-state index contributed by atoms with van der Waals surface area (Å²) in [5, 5.41) is 2.82. The summed E-state index contributed by atoms with van der Waals surface area (Å²) in [6.45, 7) is 0.498. The Morgan fingerprint density at radius 1 is 1.29 bits per heavy atom. The van der Waals surface area contributed by atoms with Crippen molar-refractivity contribution in [3.63, 3.8) is 0 Å². The molecule has 1 fully saturated rings. The number of hydrogen-bond acceptors (Lipinski definition) is 4. The van der Waals surface area contributed by atoms with Crippen molar-refractivity contribution in [3.8, 4) is 0 Å². The van der Waals surface area contributed by atoms with Crippen LogP contribution in [0.2, 0.25) is 0 Å². The van der Waals surface area contributed by atoms with Gasteiger partial charge in [-0.1, -0.05) is 12.1 Å². The molecule has 0 saturated heterocycles. The number of carbonyl (C=O) groups is 1. The Bertz CT molecular complexity index is 619. The molecule has 0 radical (unpaired) electrons. The highest BCUT2D eigenvalue weighted by Crippen LogP contribution is 2.31.